The number of alkyl halides is 2. The van der Waals surface area contributed by atoms with Gasteiger partial charge in [0.15, 0.2) is 0 Å². The summed E-state index contributed by atoms with van der Waals surface area (Å²) in [7, 11) is 2.06. The van der Waals surface area contributed by atoms with Crippen molar-refractivity contribution in [3.8, 4) is 0 Å². The summed E-state index contributed by atoms with van der Waals surface area (Å²) in [6.45, 7) is 6.43. The lowest BCUT2D eigenvalue weighted by molar-refractivity contribution is 0.334. The van der Waals surface area contributed by atoms with Gasteiger partial charge >= 0.3 is 0 Å². The summed E-state index contributed by atoms with van der Waals surface area (Å²) in [6, 6.07) is 4.58. The molecule has 0 bridgehead atoms. The van der Waals surface area contributed by atoms with Gasteiger partial charge in [0.05, 0.1) is 12.2 Å². The second kappa shape index (κ2) is 11.0. The lowest BCUT2D eigenvalue weighted by atomic mass is 9.91. The third kappa shape index (κ3) is 5.18. The van der Waals surface area contributed by atoms with E-state index < -0.39 is 6.17 Å². The smallest absolute Gasteiger partial charge is 0.138 e. The lowest BCUT2D eigenvalue weighted by Gasteiger charge is -2.35. The Hall–Kier alpha value is -1.65. The molecule has 4 heterocycles. The molecule has 0 aliphatic carbocycles. The van der Waals surface area contributed by atoms with E-state index in [1.54, 1.807) is 24.8 Å². The first-order chi connectivity index (χ1) is 17.4. The number of amidine groups is 1. The molecule has 0 aromatic heterocycles. The number of nitrogens with zero attached hydrogens (tertiary/aromatic N) is 3. The summed E-state index contributed by atoms with van der Waals surface area (Å²) in [5.41, 5.74) is 3.28. The minimum atomic E-state index is -0.786. The molecule has 0 spiro atoms. The van der Waals surface area contributed by atoms with Crippen LogP contribution in [0.1, 0.15) is 37.8 Å². The third-order valence-corrected chi connectivity index (χ3v) is 11.7. The van der Waals surface area contributed by atoms with Crippen LogP contribution in [-0.2, 0) is 0 Å². The van der Waals surface area contributed by atoms with Gasteiger partial charge in [-0.1, -0.05) is 48.2 Å². The van der Waals surface area contributed by atoms with Crippen LogP contribution in [0.4, 0.5) is 8.78 Å². The van der Waals surface area contributed by atoms with Gasteiger partial charge in [-0.05, 0) is 49.1 Å². The van der Waals surface area contributed by atoms with Gasteiger partial charge in [0.1, 0.15) is 23.1 Å². The fourth-order valence-corrected chi connectivity index (χ4v) is 9.36. The van der Waals surface area contributed by atoms with Crippen molar-refractivity contribution in [1.82, 2.24) is 15.1 Å². The van der Waals surface area contributed by atoms with Crippen LogP contribution in [0, 0.1) is 5.82 Å². The summed E-state index contributed by atoms with van der Waals surface area (Å²) in [4.78, 5) is 9.86. The number of allylic oxidation sites excluding steroid dienone is 2. The van der Waals surface area contributed by atoms with Crippen LogP contribution in [0.2, 0.25) is 5.02 Å². The van der Waals surface area contributed by atoms with Crippen molar-refractivity contribution in [2.75, 3.05) is 13.6 Å². The van der Waals surface area contributed by atoms with Gasteiger partial charge < -0.3 is 15.1 Å². The monoisotopic (exact) mass is 642 g/mol. The van der Waals surface area contributed by atoms with Crippen LogP contribution in [0.25, 0.3) is 0 Å². The maximum atomic E-state index is 14.0. The number of likely N-dealkylation sites (N-methyl/N-ethyl adjacent to an activating group) is 1. The summed E-state index contributed by atoms with van der Waals surface area (Å²) in [5, 5.41) is 5.87. The van der Waals surface area contributed by atoms with E-state index in [-0.39, 0.29) is 44.0 Å². The van der Waals surface area contributed by atoms with Gasteiger partial charge in [-0.3, -0.25) is 4.99 Å². The molecule has 9 heteroatoms. The Kier molecular flexibility index (Phi) is 7.93. The summed E-state index contributed by atoms with van der Waals surface area (Å²) >= 11 is 7.97. The zero-order chi connectivity index (χ0) is 25.4. The fourth-order valence-electron chi connectivity index (χ4n) is 5.00. The van der Waals surface area contributed by atoms with Crippen LogP contribution in [0.3, 0.4) is 0 Å². The molecule has 0 saturated carbocycles. The lowest BCUT2D eigenvalue weighted by Crippen LogP contribution is -2.44. The zero-order valence-electron chi connectivity index (χ0n) is 20.3. The Bertz CT molecular complexity index is 1190. The topological polar surface area (TPSA) is 30.9 Å². The first kappa shape index (κ1) is 26.0. The molecule has 4 nitrogen and oxygen atoms in total. The van der Waals surface area contributed by atoms with E-state index in [4.69, 9.17) is 16.6 Å². The number of fused-ring (bicyclic) bond motifs is 1. The van der Waals surface area contributed by atoms with Crippen molar-refractivity contribution in [3.63, 3.8) is 0 Å². The second-order valence-corrected chi connectivity index (χ2v) is 14.2. The van der Waals surface area contributed by atoms with E-state index in [0.29, 0.717) is 15.4 Å². The predicted octanol–water partition coefficient (Wildman–Crippen LogP) is 6.69. The molecule has 3 unspecified atom stereocenters. The maximum Gasteiger partial charge on any atom is 0.138 e. The molecular weight excluding hydrogens is 613 g/mol. The second-order valence-electron chi connectivity index (χ2n) is 9.41. The number of hydrogen-bond acceptors (Lipinski definition) is 5. The molecule has 36 heavy (non-hydrogen) atoms. The number of benzene rings is 1. The van der Waals surface area contributed by atoms with E-state index in [1.165, 1.54) is 26.9 Å². The molecule has 1 aromatic carbocycles. The Labute approximate surface area is 231 Å². The first-order valence-corrected chi connectivity index (χ1v) is 15.8. The highest BCUT2D eigenvalue weighted by molar-refractivity contribution is 14.2. The van der Waals surface area contributed by atoms with Crippen LogP contribution in [0.15, 0.2) is 71.0 Å². The van der Waals surface area contributed by atoms with Crippen LogP contribution in [0.5, 0.6) is 0 Å². The van der Waals surface area contributed by atoms with Gasteiger partial charge in [-0.25, -0.2) is 8.78 Å². The Morgan fingerprint density at radius 2 is 2.28 bits per heavy atom. The van der Waals surface area contributed by atoms with Crippen LogP contribution >= 0.6 is 44.1 Å². The van der Waals surface area contributed by atoms with E-state index in [0.717, 1.165) is 30.8 Å². The molecule has 1 N–H and O–H groups in total. The van der Waals surface area contributed by atoms with Gasteiger partial charge in [-0.2, -0.15) is 0 Å². The van der Waals surface area contributed by atoms with Crippen molar-refractivity contribution in [1.29, 1.82) is 0 Å². The standard InChI is InChI=1S/C27H30ClF2IN4S/c1-4-34(3)19-14-23-24(22-10-8-18(31-22)7-5-16(2)29)25(20-9-6-17(30)13-21(20)28)33-26(35(23)15-19)27-32-11-12-36-27/h4,6,8-13,16,18-19,25,27,32H,1,5,7,14-15H2,2-3H3/t16?,18?,19-,25-,27?/m0/s1. The molecule has 4 aliphatic heterocycles. The zero-order valence-corrected chi connectivity index (χ0v) is 24.0. The molecule has 1 fully saturated rings. The molecule has 1 saturated heterocycles. The average molecular weight is 643 g/mol. The quantitative estimate of drug-likeness (QED) is 0.253. The molecule has 5 atom stereocenters. The van der Waals surface area contributed by atoms with Crippen LogP contribution in [-0.4, -0.2) is 54.2 Å². The summed E-state index contributed by atoms with van der Waals surface area (Å²) < 4.78 is 29.3. The van der Waals surface area contributed by atoms with Crippen LogP contribution < -0.4 is 5.32 Å². The van der Waals surface area contributed by atoms with E-state index >= 15 is 0 Å². The molecule has 0 radical (unpaired) electrons. The number of nitrogens with one attached hydrogen (secondary N) is 1. The van der Waals surface area contributed by atoms with E-state index in [2.05, 4.69) is 40.9 Å². The summed E-state index contributed by atoms with van der Waals surface area (Å²) in [6.07, 6.45) is 9.85. The Morgan fingerprint density at radius 3 is 2.97 bits per heavy atom. The molecule has 0 amide bonds. The predicted molar refractivity (Wildman–Crippen MR) is 157 cm³/mol. The van der Waals surface area contributed by atoms with Gasteiger partial charge in [-0.15, -0.1) is 20.7 Å². The minimum absolute atomic E-state index is 0.00803. The highest BCUT2D eigenvalue weighted by atomic mass is 127. The van der Waals surface area contributed by atoms with Gasteiger partial charge in [0, 0.05) is 49.9 Å². The highest BCUT2D eigenvalue weighted by Crippen LogP contribution is 2.46. The number of halogens is 4. The van der Waals surface area contributed by atoms with E-state index in [1.807, 2.05) is 17.8 Å². The highest BCUT2D eigenvalue weighted by Gasteiger charge is 2.43. The number of rotatable bonds is 8. The van der Waals surface area contributed by atoms with Crippen molar-refractivity contribution < 1.29 is 8.78 Å². The number of hydrogen-bond donors (Lipinski definition) is 1. The SMILES string of the molecule is C=CN(C)[C@H]1CC2=C(C3=IC(CCC(C)F)C=C3)[C@H](c3ccc(F)cc3Cl)N=C(C3NC=CS3)N2C1. The maximum absolute atomic E-state index is 14.0. The normalized spacial score (nSPS) is 27.9. The minimum Gasteiger partial charge on any atom is -0.376 e. The number of aliphatic imine (C=N–C) groups is 1. The largest absolute Gasteiger partial charge is 0.376 e. The summed E-state index contributed by atoms with van der Waals surface area (Å²) in [5.74, 6) is 0.615. The fraction of sp³-hybridized carbons (Fsp3) is 0.407. The van der Waals surface area contributed by atoms with Gasteiger partial charge in [0.2, 0.25) is 0 Å². The molecule has 5 rings (SSSR count). The molecule has 4 aliphatic rings. The van der Waals surface area contributed by atoms with Gasteiger partial charge in [0.25, 0.3) is 0 Å². The molecule has 1 aromatic rings. The Morgan fingerprint density at radius 1 is 1.44 bits per heavy atom. The van der Waals surface area contributed by atoms with Crippen molar-refractivity contribution in [3.05, 3.63) is 82.4 Å². The average Bonchev–Trinajstić information content (AvgIpc) is 3.62. The Balaban J connectivity index is 1.62. The van der Waals surface area contributed by atoms with E-state index in [9.17, 15) is 8.78 Å². The third-order valence-electron chi connectivity index (χ3n) is 6.96. The molecular formula is C27H30ClF2IN4S. The first-order valence-electron chi connectivity index (χ1n) is 12.1. The van der Waals surface area contributed by atoms with Crippen molar-refractivity contribution in [2.45, 2.75) is 53.7 Å². The van der Waals surface area contributed by atoms with Crippen molar-refractivity contribution in [2.24, 2.45) is 4.99 Å². The van der Waals surface area contributed by atoms with Crippen molar-refractivity contribution >= 4 is 53.4 Å². The number of thioether (sulfide) groups is 1. The molecule has 192 valence electrons.